The van der Waals surface area contributed by atoms with E-state index in [1.807, 2.05) is 18.7 Å². The average molecular weight is 381 g/mol. The standard InChI is InChI=1S/C23H32N4O/c1-4-27(23(28)22-15-24-19(3)25-16-22)17-20-9-12-26(13-10-20)14-11-21-8-6-5-7-18(21)2/h5-8,15-16,20H,4,9-14,17H2,1-3H3. The number of likely N-dealkylation sites (tertiary alicyclic amines) is 1. The molecule has 0 N–H and O–H groups in total. The van der Waals surface area contributed by atoms with Gasteiger partial charge in [0, 0.05) is 32.0 Å². The van der Waals surface area contributed by atoms with Crippen LogP contribution in [0.2, 0.25) is 0 Å². The molecule has 0 atom stereocenters. The molecule has 2 heterocycles. The predicted octanol–water partition coefficient (Wildman–Crippen LogP) is 3.51. The number of hydrogen-bond donors (Lipinski definition) is 0. The van der Waals surface area contributed by atoms with E-state index in [1.165, 1.54) is 11.1 Å². The van der Waals surface area contributed by atoms with Gasteiger partial charge >= 0.3 is 0 Å². The maximum atomic E-state index is 12.8. The average Bonchev–Trinajstić information content (AvgIpc) is 2.72. The lowest BCUT2D eigenvalue weighted by Crippen LogP contribution is -2.41. The van der Waals surface area contributed by atoms with Crippen molar-refractivity contribution in [3.05, 3.63) is 59.2 Å². The van der Waals surface area contributed by atoms with Gasteiger partial charge in [-0.2, -0.15) is 0 Å². The third-order valence-corrected chi connectivity index (χ3v) is 5.84. The van der Waals surface area contributed by atoms with E-state index in [2.05, 4.69) is 46.1 Å². The van der Waals surface area contributed by atoms with Crippen LogP contribution in [0.1, 0.15) is 47.1 Å². The molecule has 1 aliphatic rings. The number of rotatable bonds is 7. The van der Waals surface area contributed by atoms with Crippen LogP contribution in [0.3, 0.4) is 0 Å². The van der Waals surface area contributed by atoms with Crippen LogP contribution in [-0.4, -0.2) is 58.4 Å². The Morgan fingerprint density at radius 1 is 1.14 bits per heavy atom. The van der Waals surface area contributed by atoms with Crippen molar-refractivity contribution in [1.29, 1.82) is 0 Å². The number of amides is 1. The summed E-state index contributed by atoms with van der Waals surface area (Å²) >= 11 is 0. The maximum Gasteiger partial charge on any atom is 0.256 e. The van der Waals surface area contributed by atoms with Crippen LogP contribution in [0.25, 0.3) is 0 Å². The molecule has 1 aliphatic heterocycles. The van der Waals surface area contributed by atoms with Crippen LogP contribution in [0, 0.1) is 19.8 Å². The highest BCUT2D eigenvalue weighted by Gasteiger charge is 2.24. The first kappa shape index (κ1) is 20.5. The minimum atomic E-state index is 0.0458. The molecule has 0 radical (unpaired) electrons. The smallest absolute Gasteiger partial charge is 0.256 e. The van der Waals surface area contributed by atoms with E-state index in [0.717, 1.165) is 52.0 Å². The number of benzene rings is 1. The van der Waals surface area contributed by atoms with Crippen molar-refractivity contribution in [3.63, 3.8) is 0 Å². The highest BCUT2D eigenvalue weighted by molar-refractivity contribution is 5.93. The zero-order valence-corrected chi connectivity index (χ0v) is 17.4. The molecular formula is C23H32N4O. The number of carbonyl (C=O) groups excluding carboxylic acids is 1. The van der Waals surface area contributed by atoms with Crippen LogP contribution in [0.15, 0.2) is 36.7 Å². The van der Waals surface area contributed by atoms with Crippen molar-refractivity contribution in [1.82, 2.24) is 19.8 Å². The molecule has 3 rings (SSSR count). The lowest BCUT2D eigenvalue weighted by molar-refractivity contribution is 0.0700. The summed E-state index contributed by atoms with van der Waals surface area (Å²) in [7, 11) is 0. The molecule has 1 aromatic heterocycles. The van der Waals surface area contributed by atoms with Crippen molar-refractivity contribution in [2.75, 3.05) is 32.7 Å². The summed E-state index contributed by atoms with van der Waals surface area (Å²) in [5.41, 5.74) is 3.42. The van der Waals surface area contributed by atoms with Crippen LogP contribution in [0.4, 0.5) is 0 Å². The Morgan fingerprint density at radius 3 is 2.46 bits per heavy atom. The van der Waals surface area contributed by atoms with Crippen molar-refractivity contribution < 1.29 is 4.79 Å². The summed E-state index contributed by atoms with van der Waals surface area (Å²) in [6.07, 6.45) is 6.71. The van der Waals surface area contributed by atoms with Gasteiger partial charge in [0.2, 0.25) is 0 Å². The fourth-order valence-corrected chi connectivity index (χ4v) is 3.91. The molecular weight excluding hydrogens is 348 g/mol. The van der Waals surface area contributed by atoms with Crippen molar-refractivity contribution in [3.8, 4) is 0 Å². The quantitative estimate of drug-likeness (QED) is 0.738. The van der Waals surface area contributed by atoms with Gasteiger partial charge in [-0.1, -0.05) is 24.3 Å². The Balaban J connectivity index is 1.46. The van der Waals surface area contributed by atoms with E-state index >= 15 is 0 Å². The zero-order chi connectivity index (χ0) is 19.9. The minimum absolute atomic E-state index is 0.0458. The second-order valence-electron chi connectivity index (χ2n) is 7.82. The fourth-order valence-electron chi connectivity index (χ4n) is 3.91. The van der Waals surface area contributed by atoms with Gasteiger partial charge < -0.3 is 9.80 Å². The van der Waals surface area contributed by atoms with Crippen LogP contribution in [0.5, 0.6) is 0 Å². The number of aryl methyl sites for hydroxylation is 2. The molecule has 1 saturated heterocycles. The molecule has 0 spiro atoms. The van der Waals surface area contributed by atoms with Crippen LogP contribution >= 0.6 is 0 Å². The van der Waals surface area contributed by atoms with Crippen molar-refractivity contribution >= 4 is 5.91 Å². The molecule has 5 heteroatoms. The summed E-state index contributed by atoms with van der Waals surface area (Å²) in [6.45, 7) is 11.0. The maximum absolute atomic E-state index is 12.8. The van der Waals surface area contributed by atoms with E-state index in [9.17, 15) is 4.79 Å². The number of carbonyl (C=O) groups is 1. The summed E-state index contributed by atoms with van der Waals surface area (Å²) in [5, 5.41) is 0. The number of piperidine rings is 1. The molecule has 0 saturated carbocycles. The highest BCUT2D eigenvalue weighted by Crippen LogP contribution is 2.20. The molecule has 2 aromatic rings. The molecule has 0 aliphatic carbocycles. The normalized spacial score (nSPS) is 15.5. The first-order valence-corrected chi connectivity index (χ1v) is 10.4. The monoisotopic (exact) mass is 380 g/mol. The number of nitrogens with zero attached hydrogens (tertiary/aromatic N) is 4. The minimum Gasteiger partial charge on any atom is -0.339 e. The summed E-state index contributed by atoms with van der Waals surface area (Å²) in [5.74, 6) is 1.31. The SMILES string of the molecule is CCN(CC1CCN(CCc2ccccc2C)CC1)C(=O)c1cnc(C)nc1. The molecule has 28 heavy (non-hydrogen) atoms. The first-order chi connectivity index (χ1) is 13.6. The Labute approximate surface area is 168 Å². The Kier molecular flexibility index (Phi) is 7.15. The van der Waals surface area contributed by atoms with E-state index in [-0.39, 0.29) is 5.91 Å². The third-order valence-electron chi connectivity index (χ3n) is 5.84. The molecule has 1 fully saturated rings. The number of hydrogen-bond acceptors (Lipinski definition) is 4. The second kappa shape index (κ2) is 9.78. The van der Waals surface area contributed by atoms with E-state index in [4.69, 9.17) is 0 Å². The van der Waals surface area contributed by atoms with Gasteiger partial charge in [-0.05, 0) is 70.2 Å². The van der Waals surface area contributed by atoms with Gasteiger partial charge in [-0.3, -0.25) is 4.79 Å². The molecule has 1 aromatic carbocycles. The Bertz CT molecular complexity index is 766. The highest BCUT2D eigenvalue weighted by atomic mass is 16.2. The Morgan fingerprint density at radius 2 is 1.82 bits per heavy atom. The second-order valence-corrected chi connectivity index (χ2v) is 7.82. The van der Waals surface area contributed by atoms with E-state index < -0.39 is 0 Å². The van der Waals surface area contributed by atoms with Gasteiger partial charge in [-0.25, -0.2) is 9.97 Å². The lowest BCUT2D eigenvalue weighted by atomic mass is 9.95. The van der Waals surface area contributed by atoms with Gasteiger partial charge in [0.25, 0.3) is 5.91 Å². The fraction of sp³-hybridized carbons (Fsp3) is 0.522. The lowest BCUT2D eigenvalue weighted by Gasteiger charge is -2.34. The van der Waals surface area contributed by atoms with Crippen LogP contribution < -0.4 is 0 Å². The topological polar surface area (TPSA) is 49.3 Å². The molecule has 0 unspecified atom stereocenters. The van der Waals surface area contributed by atoms with Gasteiger partial charge in [0.05, 0.1) is 5.56 Å². The summed E-state index contributed by atoms with van der Waals surface area (Å²) in [4.78, 5) is 25.6. The van der Waals surface area contributed by atoms with Crippen molar-refractivity contribution in [2.45, 2.75) is 40.0 Å². The largest absolute Gasteiger partial charge is 0.339 e. The molecule has 150 valence electrons. The first-order valence-electron chi connectivity index (χ1n) is 10.4. The number of aromatic nitrogens is 2. The third kappa shape index (κ3) is 5.38. The predicted molar refractivity (Wildman–Crippen MR) is 112 cm³/mol. The summed E-state index contributed by atoms with van der Waals surface area (Å²) in [6, 6.07) is 8.66. The molecule has 0 bridgehead atoms. The van der Waals surface area contributed by atoms with Crippen molar-refractivity contribution in [2.24, 2.45) is 5.92 Å². The Hall–Kier alpha value is -2.27. The van der Waals surface area contributed by atoms with Crippen LogP contribution in [-0.2, 0) is 6.42 Å². The molecule has 1 amide bonds. The van der Waals surface area contributed by atoms with Gasteiger partial charge in [0.15, 0.2) is 0 Å². The zero-order valence-electron chi connectivity index (χ0n) is 17.4. The summed E-state index contributed by atoms with van der Waals surface area (Å²) < 4.78 is 0. The molecule has 5 nitrogen and oxygen atoms in total. The van der Waals surface area contributed by atoms with Gasteiger partial charge in [0.1, 0.15) is 5.82 Å². The van der Waals surface area contributed by atoms with E-state index in [0.29, 0.717) is 17.3 Å². The van der Waals surface area contributed by atoms with E-state index in [1.54, 1.807) is 12.4 Å². The van der Waals surface area contributed by atoms with Gasteiger partial charge in [-0.15, -0.1) is 0 Å².